The molecule has 28 heavy (non-hydrogen) atoms. The van der Waals surface area contributed by atoms with Gasteiger partial charge in [-0.05, 0) is 31.5 Å². The standard InChI is InChI=1S/C22H26N4O2/c1-16-20(17(2)26(25-16)19-12-8-5-9-13-19)14-23-22(27)24-15-21(28-3)18-10-6-4-7-11-18/h4-13,21H,14-15H2,1-3H3,(H2,23,24,27). The van der Waals surface area contributed by atoms with E-state index in [1.807, 2.05) is 79.2 Å². The molecule has 1 heterocycles. The van der Waals surface area contributed by atoms with Gasteiger partial charge in [0, 0.05) is 31.5 Å². The van der Waals surface area contributed by atoms with Crippen molar-refractivity contribution in [3.8, 4) is 5.69 Å². The lowest BCUT2D eigenvalue weighted by molar-refractivity contribution is 0.104. The summed E-state index contributed by atoms with van der Waals surface area (Å²) in [5.74, 6) is 0. The van der Waals surface area contributed by atoms with Gasteiger partial charge < -0.3 is 15.4 Å². The van der Waals surface area contributed by atoms with E-state index in [1.54, 1.807) is 7.11 Å². The van der Waals surface area contributed by atoms with E-state index in [4.69, 9.17) is 4.74 Å². The topological polar surface area (TPSA) is 68.2 Å². The third-order valence-electron chi connectivity index (χ3n) is 4.77. The van der Waals surface area contributed by atoms with Crippen LogP contribution in [0.2, 0.25) is 0 Å². The molecule has 3 aromatic rings. The summed E-state index contributed by atoms with van der Waals surface area (Å²) in [5.41, 5.74) is 4.97. The summed E-state index contributed by atoms with van der Waals surface area (Å²) in [6.07, 6.45) is -0.184. The zero-order valence-corrected chi connectivity index (χ0v) is 16.5. The fourth-order valence-electron chi connectivity index (χ4n) is 3.17. The van der Waals surface area contributed by atoms with E-state index in [9.17, 15) is 4.79 Å². The Morgan fingerprint density at radius 3 is 2.32 bits per heavy atom. The number of nitrogens with one attached hydrogen (secondary N) is 2. The van der Waals surface area contributed by atoms with Gasteiger partial charge in [0.05, 0.1) is 17.5 Å². The number of ether oxygens (including phenoxy) is 1. The number of hydrogen-bond acceptors (Lipinski definition) is 3. The van der Waals surface area contributed by atoms with Crippen molar-refractivity contribution < 1.29 is 9.53 Å². The van der Waals surface area contributed by atoms with E-state index in [0.717, 1.165) is 28.2 Å². The largest absolute Gasteiger partial charge is 0.375 e. The van der Waals surface area contributed by atoms with Crippen LogP contribution in [-0.4, -0.2) is 29.5 Å². The number of urea groups is 1. The Hall–Kier alpha value is -3.12. The summed E-state index contributed by atoms with van der Waals surface area (Å²) in [5, 5.41) is 10.4. The maximum Gasteiger partial charge on any atom is 0.315 e. The van der Waals surface area contributed by atoms with Gasteiger partial charge in [-0.25, -0.2) is 9.48 Å². The molecule has 1 aromatic heterocycles. The Morgan fingerprint density at radius 1 is 1.04 bits per heavy atom. The maximum atomic E-state index is 12.3. The number of nitrogens with zero attached hydrogens (tertiary/aromatic N) is 2. The number of rotatable bonds is 7. The Morgan fingerprint density at radius 2 is 1.68 bits per heavy atom. The minimum Gasteiger partial charge on any atom is -0.375 e. The molecular formula is C22H26N4O2. The molecule has 3 rings (SSSR count). The number of aryl methyl sites for hydroxylation is 1. The molecule has 146 valence electrons. The predicted octanol–water partition coefficient (Wildman–Crippen LogP) is 3.68. The number of para-hydroxylation sites is 1. The van der Waals surface area contributed by atoms with Crippen molar-refractivity contribution in [2.45, 2.75) is 26.5 Å². The van der Waals surface area contributed by atoms with Crippen molar-refractivity contribution >= 4 is 6.03 Å². The van der Waals surface area contributed by atoms with E-state index in [0.29, 0.717) is 13.1 Å². The molecule has 0 saturated carbocycles. The molecule has 6 heteroatoms. The van der Waals surface area contributed by atoms with Crippen molar-refractivity contribution in [1.82, 2.24) is 20.4 Å². The van der Waals surface area contributed by atoms with Gasteiger partial charge in [0.25, 0.3) is 0 Å². The van der Waals surface area contributed by atoms with E-state index in [1.165, 1.54) is 0 Å². The van der Waals surface area contributed by atoms with Crippen molar-refractivity contribution in [3.05, 3.63) is 83.2 Å². The van der Waals surface area contributed by atoms with E-state index in [-0.39, 0.29) is 12.1 Å². The van der Waals surface area contributed by atoms with Gasteiger partial charge in [-0.2, -0.15) is 5.10 Å². The molecule has 2 amide bonds. The molecule has 2 N–H and O–H groups in total. The minimum absolute atomic E-state index is 0.184. The number of amides is 2. The van der Waals surface area contributed by atoms with Gasteiger partial charge in [0.1, 0.15) is 0 Å². The molecule has 6 nitrogen and oxygen atoms in total. The molecule has 2 aromatic carbocycles. The van der Waals surface area contributed by atoms with Crippen LogP contribution in [0.25, 0.3) is 5.69 Å². The summed E-state index contributed by atoms with van der Waals surface area (Å²) in [4.78, 5) is 12.3. The Labute approximate surface area is 165 Å². The summed E-state index contributed by atoms with van der Waals surface area (Å²) >= 11 is 0. The SMILES string of the molecule is COC(CNC(=O)NCc1c(C)nn(-c2ccccc2)c1C)c1ccccc1. The predicted molar refractivity (Wildman–Crippen MR) is 109 cm³/mol. The van der Waals surface area contributed by atoms with Crippen molar-refractivity contribution in [2.75, 3.05) is 13.7 Å². The van der Waals surface area contributed by atoms with Crippen molar-refractivity contribution in [1.29, 1.82) is 0 Å². The zero-order valence-electron chi connectivity index (χ0n) is 16.5. The molecule has 0 radical (unpaired) electrons. The highest BCUT2D eigenvalue weighted by Crippen LogP contribution is 2.18. The maximum absolute atomic E-state index is 12.3. The quantitative estimate of drug-likeness (QED) is 0.659. The monoisotopic (exact) mass is 378 g/mol. The normalized spacial score (nSPS) is 11.8. The van der Waals surface area contributed by atoms with Gasteiger partial charge in [-0.15, -0.1) is 0 Å². The number of carbonyl (C=O) groups excluding carboxylic acids is 1. The van der Waals surface area contributed by atoms with Crippen LogP contribution in [0, 0.1) is 13.8 Å². The zero-order chi connectivity index (χ0) is 19.9. The average molecular weight is 378 g/mol. The first-order valence-electron chi connectivity index (χ1n) is 9.30. The first kappa shape index (κ1) is 19.6. The number of methoxy groups -OCH3 is 1. The summed E-state index contributed by atoms with van der Waals surface area (Å²) in [6.45, 7) is 4.78. The second-order valence-electron chi connectivity index (χ2n) is 6.60. The molecule has 0 aliphatic heterocycles. The van der Waals surface area contributed by atoms with Crippen LogP contribution in [0.15, 0.2) is 60.7 Å². The van der Waals surface area contributed by atoms with Gasteiger partial charge in [0.2, 0.25) is 0 Å². The van der Waals surface area contributed by atoms with Crippen LogP contribution < -0.4 is 10.6 Å². The Kier molecular flexibility index (Phi) is 6.45. The van der Waals surface area contributed by atoms with Crippen LogP contribution in [0.4, 0.5) is 4.79 Å². The fourth-order valence-corrected chi connectivity index (χ4v) is 3.17. The molecule has 1 atom stereocenters. The van der Waals surface area contributed by atoms with Crippen LogP contribution in [0.3, 0.4) is 0 Å². The number of aromatic nitrogens is 2. The van der Waals surface area contributed by atoms with E-state index < -0.39 is 0 Å². The first-order valence-corrected chi connectivity index (χ1v) is 9.30. The molecule has 0 spiro atoms. The highest BCUT2D eigenvalue weighted by Gasteiger charge is 2.15. The molecule has 0 saturated heterocycles. The molecule has 0 aliphatic rings. The van der Waals surface area contributed by atoms with E-state index in [2.05, 4.69) is 15.7 Å². The lowest BCUT2D eigenvalue weighted by atomic mass is 10.1. The number of benzene rings is 2. The Bertz CT molecular complexity index is 907. The van der Waals surface area contributed by atoms with Gasteiger partial charge >= 0.3 is 6.03 Å². The number of hydrogen-bond donors (Lipinski definition) is 2. The number of carbonyl (C=O) groups is 1. The van der Waals surface area contributed by atoms with Gasteiger partial charge in [-0.1, -0.05) is 48.5 Å². The second kappa shape index (κ2) is 9.19. The summed E-state index contributed by atoms with van der Waals surface area (Å²) in [7, 11) is 1.64. The average Bonchev–Trinajstić information content (AvgIpc) is 3.02. The summed E-state index contributed by atoms with van der Waals surface area (Å²) in [6, 6.07) is 19.6. The van der Waals surface area contributed by atoms with Gasteiger partial charge in [0.15, 0.2) is 0 Å². The highest BCUT2D eigenvalue weighted by atomic mass is 16.5. The Balaban J connectivity index is 1.58. The molecule has 0 fully saturated rings. The third kappa shape index (κ3) is 4.58. The molecular weight excluding hydrogens is 352 g/mol. The molecule has 1 unspecified atom stereocenters. The lowest BCUT2D eigenvalue weighted by Gasteiger charge is -2.17. The van der Waals surface area contributed by atoms with Crippen LogP contribution in [-0.2, 0) is 11.3 Å². The van der Waals surface area contributed by atoms with Crippen molar-refractivity contribution in [3.63, 3.8) is 0 Å². The van der Waals surface area contributed by atoms with Gasteiger partial charge in [-0.3, -0.25) is 0 Å². The van der Waals surface area contributed by atoms with Crippen molar-refractivity contribution in [2.24, 2.45) is 0 Å². The minimum atomic E-state index is -0.232. The second-order valence-corrected chi connectivity index (χ2v) is 6.60. The van der Waals surface area contributed by atoms with Crippen LogP contribution in [0.1, 0.15) is 28.6 Å². The summed E-state index contributed by atoms with van der Waals surface area (Å²) < 4.78 is 7.39. The van der Waals surface area contributed by atoms with Crippen LogP contribution >= 0.6 is 0 Å². The molecule has 0 aliphatic carbocycles. The fraction of sp³-hybridized carbons (Fsp3) is 0.273. The molecule has 0 bridgehead atoms. The van der Waals surface area contributed by atoms with Crippen LogP contribution in [0.5, 0.6) is 0 Å². The van der Waals surface area contributed by atoms with E-state index >= 15 is 0 Å². The third-order valence-corrected chi connectivity index (χ3v) is 4.77. The lowest BCUT2D eigenvalue weighted by Crippen LogP contribution is -2.37. The smallest absolute Gasteiger partial charge is 0.315 e. The highest BCUT2D eigenvalue weighted by molar-refractivity contribution is 5.73. The first-order chi connectivity index (χ1) is 13.6.